The molecule has 0 radical (unpaired) electrons. The van der Waals surface area contributed by atoms with Gasteiger partial charge in [-0.3, -0.25) is 5.43 Å². The molecule has 50 valence electrons. The molecule has 0 fully saturated rings. The zero-order valence-corrected chi connectivity index (χ0v) is 5.07. The fourth-order valence-electron chi connectivity index (χ4n) is 0.491. The number of rotatable bonds is 1. The van der Waals surface area contributed by atoms with E-state index in [1.165, 1.54) is 12.3 Å². The Hall–Kier alpha value is -1.67. The SMILES string of the molecule is N#Cc1ccnc(NN)n1. The highest BCUT2D eigenvalue weighted by atomic mass is 15.3. The second kappa shape index (κ2) is 2.75. The lowest BCUT2D eigenvalue weighted by Crippen LogP contribution is -2.10. The second-order valence-corrected chi connectivity index (χ2v) is 1.52. The molecule has 1 heterocycles. The molecule has 0 unspecified atom stereocenters. The van der Waals surface area contributed by atoms with E-state index in [4.69, 9.17) is 11.1 Å². The molecule has 0 aromatic carbocycles. The summed E-state index contributed by atoms with van der Waals surface area (Å²) < 4.78 is 0. The highest BCUT2D eigenvalue weighted by molar-refractivity contribution is 5.28. The second-order valence-electron chi connectivity index (χ2n) is 1.52. The highest BCUT2D eigenvalue weighted by Gasteiger charge is 1.92. The summed E-state index contributed by atoms with van der Waals surface area (Å²) in [7, 11) is 0. The zero-order chi connectivity index (χ0) is 7.40. The number of nitriles is 1. The summed E-state index contributed by atoms with van der Waals surface area (Å²) in [6.07, 6.45) is 1.46. The van der Waals surface area contributed by atoms with Crippen LogP contribution in [0.5, 0.6) is 0 Å². The van der Waals surface area contributed by atoms with E-state index in [0.29, 0.717) is 5.69 Å². The summed E-state index contributed by atoms with van der Waals surface area (Å²) in [5.74, 6) is 5.24. The third-order valence-electron chi connectivity index (χ3n) is 0.899. The molecule has 0 atom stereocenters. The van der Waals surface area contributed by atoms with Gasteiger partial charge in [-0.1, -0.05) is 0 Å². The summed E-state index contributed by atoms with van der Waals surface area (Å²) in [4.78, 5) is 7.41. The first kappa shape index (κ1) is 6.45. The number of hydrogen-bond donors (Lipinski definition) is 2. The number of nitrogen functional groups attached to an aromatic ring is 1. The van der Waals surface area contributed by atoms with Crippen molar-refractivity contribution in [2.24, 2.45) is 5.84 Å². The number of hydrogen-bond acceptors (Lipinski definition) is 5. The standard InChI is InChI=1S/C5H5N5/c6-3-4-1-2-8-5(9-4)10-7/h1-2H,7H2,(H,8,9,10). The predicted octanol–water partition coefficient (Wildman–Crippen LogP) is -0.366. The van der Waals surface area contributed by atoms with Crippen LogP contribution in [0.4, 0.5) is 5.95 Å². The molecule has 10 heavy (non-hydrogen) atoms. The van der Waals surface area contributed by atoms with Gasteiger partial charge in [0.2, 0.25) is 5.95 Å². The highest BCUT2D eigenvalue weighted by Crippen LogP contribution is 1.95. The van der Waals surface area contributed by atoms with Crippen LogP contribution in [0.15, 0.2) is 12.3 Å². The van der Waals surface area contributed by atoms with Gasteiger partial charge in [0.15, 0.2) is 0 Å². The van der Waals surface area contributed by atoms with Gasteiger partial charge in [0, 0.05) is 6.20 Å². The van der Waals surface area contributed by atoms with Crippen LogP contribution in [0.25, 0.3) is 0 Å². The third-order valence-corrected chi connectivity index (χ3v) is 0.899. The Balaban J connectivity index is 3.01. The Bertz CT molecular complexity index is 263. The van der Waals surface area contributed by atoms with Crippen molar-refractivity contribution in [1.29, 1.82) is 5.26 Å². The average Bonchev–Trinajstić information content (AvgIpc) is 2.05. The molecular formula is C5H5N5. The van der Waals surface area contributed by atoms with Crippen LogP contribution in [0.1, 0.15) is 5.69 Å². The van der Waals surface area contributed by atoms with Crippen LogP contribution in [0.3, 0.4) is 0 Å². The number of nitrogens with zero attached hydrogens (tertiary/aromatic N) is 3. The lowest BCUT2D eigenvalue weighted by atomic mass is 10.4. The lowest BCUT2D eigenvalue weighted by Gasteiger charge is -1.94. The van der Waals surface area contributed by atoms with Crippen molar-refractivity contribution in [2.75, 3.05) is 5.43 Å². The summed E-state index contributed by atoms with van der Waals surface area (Å²) >= 11 is 0. The Kier molecular flexibility index (Phi) is 1.78. The summed E-state index contributed by atoms with van der Waals surface area (Å²) in [5, 5.41) is 8.35. The molecular weight excluding hydrogens is 130 g/mol. The van der Waals surface area contributed by atoms with Crippen LogP contribution in [0, 0.1) is 11.3 Å². The van der Waals surface area contributed by atoms with Crippen molar-refractivity contribution in [2.45, 2.75) is 0 Å². The molecule has 0 bridgehead atoms. The molecule has 1 aromatic heterocycles. The molecule has 0 saturated heterocycles. The van der Waals surface area contributed by atoms with Crippen molar-refractivity contribution in [1.82, 2.24) is 9.97 Å². The molecule has 0 aliphatic carbocycles. The van der Waals surface area contributed by atoms with E-state index in [9.17, 15) is 0 Å². The van der Waals surface area contributed by atoms with Gasteiger partial charge in [0.25, 0.3) is 0 Å². The Labute approximate surface area is 57.5 Å². The third kappa shape index (κ3) is 1.18. The maximum absolute atomic E-state index is 8.35. The number of anilines is 1. The van der Waals surface area contributed by atoms with Crippen LogP contribution in [-0.2, 0) is 0 Å². The molecule has 5 heteroatoms. The molecule has 0 amide bonds. The van der Waals surface area contributed by atoms with Crippen molar-refractivity contribution in [3.8, 4) is 6.07 Å². The van der Waals surface area contributed by atoms with E-state index in [-0.39, 0.29) is 5.95 Å². The first-order valence-electron chi connectivity index (χ1n) is 2.56. The van der Waals surface area contributed by atoms with E-state index in [0.717, 1.165) is 0 Å². The molecule has 5 nitrogen and oxygen atoms in total. The van der Waals surface area contributed by atoms with Gasteiger partial charge in [0.1, 0.15) is 11.8 Å². The first-order valence-corrected chi connectivity index (χ1v) is 2.56. The normalized spacial score (nSPS) is 8.40. The Morgan fingerprint density at radius 2 is 2.50 bits per heavy atom. The maximum Gasteiger partial charge on any atom is 0.238 e. The number of nitrogens with two attached hydrogens (primary N) is 1. The van der Waals surface area contributed by atoms with Crippen molar-refractivity contribution in [3.63, 3.8) is 0 Å². The Morgan fingerprint density at radius 3 is 3.10 bits per heavy atom. The average molecular weight is 135 g/mol. The van der Waals surface area contributed by atoms with Gasteiger partial charge in [-0.2, -0.15) is 5.26 Å². The minimum Gasteiger partial charge on any atom is -0.292 e. The molecule has 1 aromatic rings. The van der Waals surface area contributed by atoms with Crippen LogP contribution < -0.4 is 11.3 Å². The van der Waals surface area contributed by atoms with Gasteiger partial charge in [-0.05, 0) is 6.07 Å². The molecule has 3 N–H and O–H groups in total. The van der Waals surface area contributed by atoms with E-state index in [1.54, 1.807) is 0 Å². The van der Waals surface area contributed by atoms with E-state index in [1.807, 2.05) is 6.07 Å². The first-order chi connectivity index (χ1) is 4.86. The van der Waals surface area contributed by atoms with Gasteiger partial charge >= 0.3 is 0 Å². The Morgan fingerprint density at radius 1 is 1.70 bits per heavy atom. The zero-order valence-electron chi connectivity index (χ0n) is 5.07. The van der Waals surface area contributed by atoms with Crippen LogP contribution >= 0.6 is 0 Å². The predicted molar refractivity (Wildman–Crippen MR) is 34.6 cm³/mol. The lowest BCUT2D eigenvalue weighted by molar-refractivity contribution is 1.10. The monoisotopic (exact) mass is 135 g/mol. The van der Waals surface area contributed by atoms with Gasteiger partial charge < -0.3 is 0 Å². The summed E-state index contributed by atoms with van der Waals surface area (Å²) in [6, 6.07) is 3.36. The summed E-state index contributed by atoms with van der Waals surface area (Å²) in [6.45, 7) is 0. The van der Waals surface area contributed by atoms with E-state index < -0.39 is 0 Å². The quantitative estimate of drug-likeness (QED) is 0.405. The van der Waals surface area contributed by atoms with Crippen LogP contribution in [0.2, 0.25) is 0 Å². The fraction of sp³-hybridized carbons (Fsp3) is 0. The van der Waals surface area contributed by atoms with Crippen molar-refractivity contribution < 1.29 is 0 Å². The summed E-state index contributed by atoms with van der Waals surface area (Å²) in [5.41, 5.74) is 2.52. The smallest absolute Gasteiger partial charge is 0.238 e. The van der Waals surface area contributed by atoms with Gasteiger partial charge in [-0.15, -0.1) is 0 Å². The van der Waals surface area contributed by atoms with Gasteiger partial charge in [-0.25, -0.2) is 15.8 Å². The largest absolute Gasteiger partial charge is 0.292 e. The number of aromatic nitrogens is 2. The number of hydrazine groups is 1. The molecule has 0 aliphatic rings. The minimum absolute atomic E-state index is 0.249. The minimum atomic E-state index is 0.249. The topological polar surface area (TPSA) is 87.6 Å². The number of nitrogens with one attached hydrogen (secondary N) is 1. The molecule has 0 saturated carbocycles. The van der Waals surface area contributed by atoms with E-state index in [2.05, 4.69) is 15.4 Å². The van der Waals surface area contributed by atoms with E-state index >= 15 is 0 Å². The fourth-order valence-corrected chi connectivity index (χ4v) is 0.491. The molecule has 0 spiro atoms. The van der Waals surface area contributed by atoms with Gasteiger partial charge in [0.05, 0.1) is 0 Å². The molecule has 1 rings (SSSR count). The van der Waals surface area contributed by atoms with Crippen molar-refractivity contribution >= 4 is 5.95 Å². The molecule has 0 aliphatic heterocycles. The van der Waals surface area contributed by atoms with Crippen LogP contribution in [-0.4, -0.2) is 9.97 Å². The van der Waals surface area contributed by atoms with Crippen molar-refractivity contribution in [3.05, 3.63) is 18.0 Å². The maximum atomic E-state index is 8.35.